The largest absolute Gasteiger partial charge is 0.480 e. The minimum absolute atomic E-state index is 0.329. The van der Waals surface area contributed by atoms with E-state index in [1.54, 1.807) is 13.0 Å². The normalized spacial score (nSPS) is 18.7. The smallest absolute Gasteiger partial charge is 0.327 e. The number of thioether (sulfide) groups is 1. The molecule has 0 aliphatic carbocycles. The number of rotatable bonds is 2. The number of aryl methyl sites for hydroxylation is 1. The average molecular weight is 298 g/mol. The van der Waals surface area contributed by atoms with E-state index in [9.17, 15) is 14.0 Å². The highest BCUT2D eigenvalue weighted by molar-refractivity contribution is 7.99. The Morgan fingerprint density at radius 2 is 2.20 bits per heavy atom. The van der Waals surface area contributed by atoms with E-state index in [4.69, 9.17) is 5.11 Å². The average Bonchev–Trinajstić information content (AvgIpc) is 2.37. The van der Waals surface area contributed by atoms with Crippen LogP contribution in [0.2, 0.25) is 0 Å². The van der Waals surface area contributed by atoms with Crippen molar-refractivity contribution in [3.8, 4) is 0 Å². The highest BCUT2D eigenvalue weighted by Gasteiger charge is 2.32. The Kier molecular flexibility index (Phi) is 4.49. The first kappa shape index (κ1) is 14.6. The summed E-state index contributed by atoms with van der Waals surface area (Å²) >= 11 is 1.50. The molecule has 20 heavy (non-hydrogen) atoms. The Labute approximate surface area is 120 Å². The van der Waals surface area contributed by atoms with Gasteiger partial charge in [-0.15, -0.1) is 0 Å². The van der Waals surface area contributed by atoms with Gasteiger partial charge in [0.05, 0.1) is 0 Å². The number of aliphatic carboxylic acids is 1. The molecule has 1 fully saturated rings. The summed E-state index contributed by atoms with van der Waals surface area (Å²) in [5.41, 5.74) is 1.01. The third-order valence-corrected chi connectivity index (χ3v) is 3.99. The highest BCUT2D eigenvalue weighted by Crippen LogP contribution is 2.19. The van der Waals surface area contributed by atoms with Gasteiger partial charge < -0.3 is 15.3 Å². The Balaban J connectivity index is 2.11. The molecular weight excluding hydrogens is 283 g/mol. The number of benzene rings is 1. The molecule has 0 radical (unpaired) electrons. The molecule has 2 amide bonds. The van der Waals surface area contributed by atoms with Crippen LogP contribution >= 0.6 is 11.8 Å². The van der Waals surface area contributed by atoms with Crippen molar-refractivity contribution in [1.29, 1.82) is 0 Å². The number of carbonyl (C=O) groups excluding carboxylic acids is 1. The summed E-state index contributed by atoms with van der Waals surface area (Å²) in [6, 6.07) is 2.84. The summed E-state index contributed by atoms with van der Waals surface area (Å²) in [7, 11) is 0. The first-order chi connectivity index (χ1) is 9.47. The Morgan fingerprint density at radius 3 is 2.85 bits per heavy atom. The van der Waals surface area contributed by atoms with Crippen molar-refractivity contribution in [2.75, 3.05) is 23.4 Å². The van der Waals surface area contributed by atoms with E-state index in [2.05, 4.69) is 5.32 Å². The number of nitrogens with one attached hydrogen (secondary N) is 1. The van der Waals surface area contributed by atoms with E-state index in [0.717, 1.165) is 0 Å². The summed E-state index contributed by atoms with van der Waals surface area (Å²) in [5, 5.41) is 11.7. The van der Waals surface area contributed by atoms with Crippen LogP contribution in [-0.4, -0.2) is 46.1 Å². The molecule has 0 spiro atoms. The second-order valence-corrected chi connectivity index (χ2v) is 5.72. The molecule has 1 saturated heterocycles. The van der Waals surface area contributed by atoms with Gasteiger partial charge in [0.25, 0.3) is 0 Å². The first-order valence-corrected chi connectivity index (χ1v) is 7.28. The molecule has 1 aliphatic heterocycles. The molecule has 1 aromatic carbocycles. The predicted molar refractivity (Wildman–Crippen MR) is 75.6 cm³/mol. The van der Waals surface area contributed by atoms with Gasteiger partial charge in [0.1, 0.15) is 11.9 Å². The number of urea groups is 1. The predicted octanol–water partition coefficient (Wildman–Crippen LogP) is 2.17. The zero-order valence-electron chi connectivity index (χ0n) is 10.9. The lowest BCUT2D eigenvalue weighted by Gasteiger charge is -2.32. The maximum Gasteiger partial charge on any atom is 0.327 e. The number of halogens is 1. The second kappa shape index (κ2) is 6.13. The van der Waals surface area contributed by atoms with E-state index in [1.165, 1.54) is 28.8 Å². The van der Waals surface area contributed by atoms with Crippen LogP contribution in [0.3, 0.4) is 0 Å². The van der Waals surface area contributed by atoms with Crippen LogP contribution in [0.1, 0.15) is 5.56 Å². The fraction of sp³-hybridized carbons (Fsp3) is 0.385. The highest BCUT2D eigenvalue weighted by atomic mass is 32.2. The molecule has 108 valence electrons. The number of nitrogens with zero attached hydrogens (tertiary/aromatic N) is 1. The lowest BCUT2D eigenvalue weighted by atomic mass is 10.2. The second-order valence-electron chi connectivity index (χ2n) is 4.57. The molecule has 1 atom stereocenters. The van der Waals surface area contributed by atoms with Crippen LogP contribution < -0.4 is 5.32 Å². The van der Waals surface area contributed by atoms with Crippen molar-refractivity contribution in [2.24, 2.45) is 0 Å². The van der Waals surface area contributed by atoms with Crippen LogP contribution in [0, 0.1) is 12.7 Å². The molecule has 0 saturated carbocycles. The molecule has 0 bridgehead atoms. The fourth-order valence-electron chi connectivity index (χ4n) is 2.06. The molecule has 2 N–H and O–H groups in total. The molecule has 1 aliphatic rings. The Morgan fingerprint density at radius 1 is 1.45 bits per heavy atom. The van der Waals surface area contributed by atoms with Crippen molar-refractivity contribution < 1.29 is 19.1 Å². The van der Waals surface area contributed by atoms with Crippen molar-refractivity contribution in [2.45, 2.75) is 13.0 Å². The Bertz CT molecular complexity index is 518. The van der Waals surface area contributed by atoms with Gasteiger partial charge in [0.2, 0.25) is 0 Å². The van der Waals surface area contributed by atoms with Crippen molar-refractivity contribution in [1.82, 2.24) is 4.90 Å². The van der Waals surface area contributed by atoms with Gasteiger partial charge in [-0.2, -0.15) is 11.8 Å². The number of carboxylic acid groups (broad SMARTS) is 1. The third kappa shape index (κ3) is 3.41. The zero-order chi connectivity index (χ0) is 14.7. The Hall–Kier alpha value is -1.76. The van der Waals surface area contributed by atoms with Gasteiger partial charge >= 0.3 is 12.0 Å². The maximum atomic E-state index is 13.3. The van der Waals surface area contributed by atoms with E-state index < -0.39 is 23.9 Å². The molecule has 1 unspecified atom stereocenters. The van der Waals surface area contributed by atoms with Gasteiger partial charge in [-0.1, -0.05) is 0 Å². The van der Waals surface area contributed by atoms with E-state index >= 15 is 0 Å². The van der Waals surface area contributed by atoms with Crippen molar-refractivity contribution in [3.05, 3.63) is 29.6 Å². The monoisotopic (exact) mass is 298 g/mol. The summed E-state index contributed by atoms with van der Waals surface area (Å²) in [5.74, 6) is -0.406. The van der Waals surface area contributed by atoms with Gasteiger partial charge in [0.15, 0.2) is 0 Å². The van der Waals surface area contributed by atoms with E-state index in [0.29, 0.717) is 29.3 Å². The quantitative estimate of drug-likeness (QED) is 0.878. The lowest BCUT2D eigenvalue weighted by Crippen LogP contribution is -2.51. The fourth-order valence-corrected chi connectivity index (χ4v) is 3.09. The lowest BCUT2D eigenvalue weighted by molar-refractivity contribution is -0.141. The van der Waals surface area contributed by atoms with Gasteiger partial charge in [-0.3, -0.25) is 0 Å². The molecule has 0 aromatic heterocycles. The van der Waals surface area contributed by atoms with E-state index in [1.807, 2.05) is 0 Å². The zero-order valence-corrected chi connectivity index (χ0v) is 11.7. The van der Waals surface area contributed by atoms with Crippen LogP contribution in [0.25, 0.3) is 0 Å². The van der Waals surface area contributed by atoms with Gasteiger partial charge in [0, 0.05) is 23.7 Å². The van der Waals surface area contributed by atoms with Gasteiger partial charge in [-0.25, -0.2) is 14.0 Å². The van der Waals surface area contributed by atoms with E-state index in [-0.39, 0.29) is 0 Å². The van der Waals surface area contributed by atoms with Crippen LogP contribution in [0.15, 0.2) is 18.2 Å². The van der Waals surface area contributed by atoms with Gasteiger partial charge in [-0.05, 0) is 30.7 Å². The summed E-state index contributed by atoms with van der Waals surface area (Å²) in [6.07, 6.45) is 0. The van der Waals surface area contributed by atoms with Crippen LogP contribution in [-0.2, 0) is 4.79 Å². The van der Waals surface area contributed by atoms with Crippen molar-refractivity contribution >= 4 is 29.4 Å². The third-order valence-electron chi connectivity index (χ3n) is 2.97. The number of anilines is 1. The molecule has 5 nitrogen and oxygen atoms in total. The summed E-state index contributed by atoms with van der Waals surface area (Å²) in [6.45, 7) is 2.08. The molecule has 7 heteroatoms. The molecule has 2 rings (SSSR count). The number of hydrogen-bond acceptors (Lipinski definition) is 3. The van der Waals surface area contributed by atoms with Crippen LogP contribution in [0.5, 0.6) is 0 Å². The number of carbonyl (C=O) groups is 2. The summed E-state index contributed by atoms with van der Waals surface area (Å²) < 4.78 is 13.3. The SMILES string of the molecule is Cc1cc(F)cc(NC(=O)N2CCSCC2C(=O)O)c1. The first-order valence-electron chi connectivity index (χ1n) is 6.13. The molecular formula is C13H15FN2O3S. The number of amides is 2. The minimum atomic E-state index is -1.03. The topological polar surface area (TPSA) is 69.6 Å². The minimum Gasteiger partial charge on any atom is -0.480 e. The number of hydrogen-bond donors (Lipinski definition) is 2. The summed E-state index contributed by atoms with van der Waals surface area (Å²) in [4.78, 5) is 24.5. The standard InChI is InChI=1S/C13H15FN2O3S/c1-8-4-9(14)6-10(5-8)15-13(19)16-2-3-20-7-11(16)12(17)18/h4-6,11H,2-3,7H2,1H3,(H,15,19)(H,17,18). The van der Waals surface area contributed by atoms with Crippen molar-refractivity contribution in [3.63, 3.8) is 0 Å². The maximum absolute atomic E-state index is 13.3. The number of carboxylic acids is 1. The molecule has 1 aromatic rings. The molecule has 1 heterocycles. The van der Waals surface area contributed by atoms with Crippen LogP contribution in [0.4, 0.5) is 14.9 Å².